The minimum absolute atomic E-state index is 0.157. The summed E-state index contributed by atoms with van der Waals surface area (Å²) in [7, 11) is 0. The molecule has 0 spiro atoms. The van der Waals surface area contributed by atoms with Crippen LogP contribution in [0.3, 0.4) is 0 Å². The maximum Gasteiger partial charge on any atom is 0.188 e. The average molecular weight is 482 g/mol. The lowest BCUT2D eigenvalue weighted by Crippen LogP contribution is -2.57. The van der Waals surface area contributed by atoms with Crippen molar-refractivity contribution in [3.8, 4) is 0 Å². The van der Waals surface area contributed by atoms with E-state index in [2.05, 4.69) is 10.5 Å². The predicted octanol–water partition coefficient (Wildman–Crippen LogP) is 0.884. The first-order valence-electron chi connectivity index (χ1n) is 11.5. The van der Waals surface area contributed by atoms with Gasteiger partial charge < -0.3 is 35.0 Å². The van der Waals surface area contributed by atoms with E-state index in [1.807, 2.05) is 33.8 Å². The highest BCUT2D eigenvalue weighted by atomic mass is 16.7. The number of aliphatic hydroxyl groups excluding tert-OH is 5. The molecule has 1 aliphatic carbocycles. The van der Waals surface area contributed by atoms with E-state index in [0.29, 0.717) is 6.42 Å². The number of ether oxygens (including phenoxy) is 2. The zero-order chi connectivity index (χ0) is 25.0. The Morgan fingerprint density at radius 3 is 2.53 bits per heavy atom. The van der Waals surface area contributed by atoms with Crippen LogP contribution in [0.4, 0.5) is 0 Å². The van der Waals surface area contributed by atoms with Crippen LogP contribution in [0.1, 0.15) is 38.3 Å². The molecule has 2 heterocycles. The van der Waals surface area contributed by atoms with E-state index >= 15 is 0 Å². The summed E-state index contributed by atoms with van der Waals surface area (Å²) in [6.07, 6.45) is 0.604. The Labute approximate surface area is 200 Å². The number of aliphatic hydroxyl groups is 5. The van der Waals surface area contributed by atoms with Crippen molar-refractivity contribution in [3.05, 3.63) is 47.5 Å². The third-order valence-corrected chi connectivity index (χ3v) is 6.39. The first-order chi connectivity index (χ1) is 16.0. The third kappa shape index (κ3) is 6.32. The molecule has 1 aromatic heterocycles. The summed E-state index contributed by atoms with van der Waals surface area (Å²) in [5.74, 6) is -1.20. The Hall–Kier alpha value is -1.63. The van der Waals surface area contributed by atoms with Gasteiger partial charge in [-0.25, -0.2) is 0 Å². The second-order valence-corrected chi connectivity index (χ2v) is 10.1. The maximum atomic E-state index is 10.8. The van der Waals surface area contributed by atoms with Crippen LogP contribution >= 0.6 is 0 Å². The number of hydrogen-bond acceptors (Lipinski definition) is 10. The molecule has 2 unspecified atom stereocenters. The molecule has 7 atom stereocenters. The largest absolute Gasteiger partial charge is 0.508 e. The number of rotatable bonds is 8. The summed E-state index contributed by atoms with van der Waals surface area (Å²) in [5, 5.41) is 51.3. The highest BCUT2D eigenvalue weighted by Gasteiger charge is 2.50. The maximum absolute atomic E-state index is 10.8. The molecule has 2 aliphatic rings. The van der Waals surface area contributed by atoms with Crippen molar-refractivity contribution in [2.24, 2.45) is 17.3 Å². The second kappa shape index (κ2) is 11.4. The Morgan fingerprint density at radius 2 is 1.91 bits per heavy atom. The molecular formula is C24H37N2O8. The molecule has 3 rings (SSSR count). The molecule has 10 nitrogen and oxygen atoms in total. The monoisotopic (exact) mass is 481 g/mol. The van der Waals surface area contributed by atoms with Crippen molar-refractivity contribution < 1.29 is 39.8 Å². The van der Waals surface area contributed by atoms with E-state index < -0.39 is 54.5 Å². The molecular weight excluding hydrogens is 444 g/mol. The Balaban J connectivity index is 1.69. The summed E-state index contributed by atoms with van der Waals surface area (Å²) in [6.45, 7) is 7.16. The van der Waals surface area contributed by atoms with Gasteiger partial charge in [-0.05, 0) is 36.0 Å². The normalized spacial score (nSPS) is 33.1. The van der Waals surface area contributed by atoms with Crippen molar-refractivity contribution >= 4 is 0 Å². The van der Waals surface area contributed by atoms with Gasteiger partial charge in [-0.15, -0.1) is 0 Å². The Morgan fingerprint density at radius 1 is 1.18 bits per heavy atom. The minimum atomic E-state index is -1.10. The Bertz CT molecular complexity index is 829. The molecule has 1 saturated carbocycles. The topological polar surface area (TPSA) is 154 Å². The van der Waals surface area contributed by atoms with E-state index in [4.69, 9.17) is 14.3 Å². The fourth-order valence-corrected chi connectivity index (χ4v) is 4.71. The lowest BCUT2D eigenvalue weighted by atomic mass is 9.65. The molecule has 0 saturated heterocycles. The Kier molecular flexibility index (Phi) is 9.04. The zero-order valence-electron chi connectivity index (χ0n) is 20.1. The molecule has 0 amide bonds. The molecule has 191 valence electrons. The van der Waals surface area contributed by atoms with Gasteiger partial charge in [0.05, 0.1) is 31.5 Å². The van der Waals surface area contributed by atoms with Crippen molar-refractivity contribution in [1.82, 2.24) is 10.5 Å². The molecule has 1 aromatic rings. The van der Waals surface area contributed by atoms with Crippen molar-refractivity contribution in [3.63, 3.8) is 0 Å². The van der Waals surface area contributed by atoms with E-state index in [1.165, 1.54) is 6.08 Å². The molecule has 1 aliphatic heterocycles. The lowest BCUT2D eigenvalue weighted by Gasteiger charge is -2.49. The number of nitrogens with one attached hydrogen (secondary N) is 1. The SMILES string of the molecule is Cc1cncc(CON[C@@H]2O[C](CO)[C@@H](O[C@@H]3CC(CO)[C@H](O)[C@@H](O)C3C(C)(C)C)C=C2O)c1. The number of pyridine rings is 1. The highest BCUT2D eigenvalue weighted by molar-refractivity contribution is 5.16. The quantitative estimate of drug-likeness (QED) is 0.295. The van der Waals surface area contributed by atoms with Crippen molar-refractivity contribution in [2.45, 2.75) is 71.4 Å². The molecule has 6 N–H and O–H groups in total. The second-order valence-electron chi connectivity index (χ2n) is 10.1. The lowest BCUT2D eigenvalue weighted by molar-refractivity contribution is -0.196. The molecule has 0 aromatic carbocycles. The van der Waals surface area contributed by atoms with E-state index in [0.717, 1.165) is 11.1 Å². The van der Waals surface area contributed by atoms with Gasteiger partial charge in [-0.2, -0.15) is 5.48 Å². The van der Waals surface area contributed by atoms with E-state index in [-0.39, 0.29) is 25.1 Å². The van der Waals surface area contributed by atoms with Gasteiger partial charge in [0.1, 0.15) is 11.9 Å². The van der Waals surface area contributed by atoms with Gasteiger partial charge in [-0.1, -0.05) is 26.8 Å². The molecule has 10 heteroatoms. The molecule has 1 radical (unpaired) electrons. The number of nitrogens with zero attached hydrogens (tertiary/aromatic N) is 1. The highest BCUT2D eigenvalue weighted by Crippen LogP contribution is 2.43. The van der Waals surface area contributed by atoms with Gasteiger partial charge in [0.25, 0.3) is 0 Å². The van der Waals surface area contributed by atoms with Gasteiger partial charge >= 0.3 is 0 Å². The molecule has 1 fully saturated rings. The summed E-state index contributed by atoms with van der Waals surface area (Å²) < 4.78 is 11.9. The predicted molar refractivity (Wildman–Crippen MR) is 122 cm³/mol. The van der Waals surface area contributed by atoms with Crippen LogP contribution in [0.15, 0.2) is 30.3 Å². The van der Waals surface area contributed by atoms with Crippen LogP contribution in [0.2, 0.25) is 0 Å². The summed E-state index contributed by atoms with van der Waals surface area (Å²) in [5.41, 5.74) is 4.03. The van der Waals surface area contributed by atoms with Gasteiger partial charge in [0.2, 0.25) is 0 Å². The smallest absolute Gasteiger partial charge is 0.188 e. The van der Waals surface area contributed by atoms with Crippen LogP contribution in [0.25, 0.3) is 0 Å². The van der Waals surface area contributed by atoms with Crippen LogP contribution in [0, 0.1) is 30.3 Å². The van der Waals surface area contributed by atoms with E-state index in [9.17, 15) is 25.5 Å². The van der Waals surface area contributed by atoms with Crippen LogP contribution in [-0.4, -0.2) is 74.4 Å². The molecule has 34 heavy (non-hydrogen) atoms. The van der Waals surface area contributed by atoms with Gasteiger partial charge in [-0.3, -0.25) is 9.82 Å². The summed E-state index contributed by atoms with van der Waals surface area (Å²) in [6, 6.07) is 1.92. The van der Waals surface area contributed by atoms with Crippen LogP contribution in [0.5, 0.6) is 0 Å². The summed E-state index contributed by atoms with van der Waals surface area (Å²) >= 11 is 0. The minimum Gasteiger partial charge on any atom is -0.508 e. The fourth-order valence-electron chi connectivity index (χ4n) is 4.71. The average Bonchev–Trinajstić information content (AvgIpc) is 2.76. The standard InChI is InChI=1S/C24H37N2O8/c1-13-5-14(9-25-8-13)12-32-26-23-16(29)7-17(19(11-28)34-23)33-18-6-15(10-27)21(30)22(31)20(18)24(2,3)4/h5,7-9,15,17-18,20-23,26-31H,6,10-12H2,1-4H3/t15?,17-,18+,20?,21-,22-,23+/m0/s1. The van der Waals surface area contributed by atoms with Crippen molar-refractivity contribution in [1.29, 1.82) is 0 Å². The van der Waals surface area contributed by atoms with Crippen LogP contribution < -0.4 is 5.48 Å². The number of hydroxylamine groups is 1. The first-order valence-corrected chi connectivity index (χ1v) is 11.5. The summed E-state index contributed by atoms with van der Waals surface area (Å²) in [4.78, 5) is 9.54. The van der Waals surface area contributed by atoms with E-state index in [1.54, 1.807) is 12.4 Å². The third-order valence-electron chi connectivity index (χ3n) is 6.39. The fraction of sp³-hybridized carbons (Fsp3) is 0.667. The van der Waals surface area contributed by atoms with Crippen LogP contribution in [-0.2, 0) is 20.9 Å². The molecule has 0 bridgehead atoms. The van der Waals surface area contributed by atoms with Crippen molar-refractivity contribution in [2.75, 3.05) is 13.2 Å². The number of aryl methyl sites for hydroxylation is 1. The van der Waals surface area contributed by atoms with Gasteiger partial charge in [0.15, 0.2) is 12.3 Å². The number of aromatic nitrogens is 1. The number of hydrogen-bond donors (Lipinski definition) is 6. The zero-order valence-corrected chi connectivity index (χ0v) is 20.1. The van der Waals surface area contributed by atoms with Gasteiger partial charge in [0, 0.05) is 30.8 Å². The first kappa shape index (κ1) is 27.0.